The summed E-state index contributed by atoms with van der Waals surface area (Å²) in [5, 5.41) is 22.6. The van der Waals surface area contributed by atoms with Gasteiger partial charge in [0.25, 0.3) is 0 Å². The zero-order valence-corrected chi connectivity index (χ0v) is 24.8. The minimum atomic E-state index is 0.00730. The van der Waals surface area contributed by atoms with E-state index in [1.54, 1.807) is 0 Å². The van der Waals surface area contributed by atoms with Crippen molar-refractivity contribution in [2.24, 2.45) is 17.8 Å². The average Bonchev–Trinajstić information content (AvgIpc) is 3.33. The monoisotopic (exact) mass is 551 g/mol. The van der Waals surface area contributed by atoms with Crippen LogP contribution in [0.3, 0.4) is 0 Å². The second kappa shape index (κ2) is 13.5. The third kappa shape index (κ3) is 7.24. The van der Waals surface area contributed by atoms with E-state index in [0.29, 0.717) is 41.3 Å². The normalized spacial score (nSPS) is 43.7. The van der Waals surface area contributed by atoms with E-state index in [9.17, 15) is 4.79 Å². The number of nitrogens with zero attached hydrogens (tertiary/aromatic N) is 1. The molecule has 4 aliphatic heterocycles. The molecule has 0 aromatic rings. The Balaban J connectivity index is 1.10. The number of rotatable bonds is 7. The van der Waals surface area contributed by atoms with Crippen LogP contribution in [0.1, 0.15) is 58.8 Å². The highest BCUT2D eigenvalue weighted by molar-refractivity contribution is 8.01. The van der Waals surface area contributed by atoms with E-state index in [1.807, 2.05) is 18.9 Å². The lowest BCUT2D eigenvalue weighted by molar-refractivity contribution is -0.121. The summed E-state index contributed by atoms with van der Waals surface area (Å²) in [6.07, 6.45) is 8.35. The largest absolute Gasteiger partial charge is 0.380 e. The first-order valence-electron chi connectivity index (χ1n) is 15.3. The summed E-state index contributed by atoms with van der Waals surface area (Å²) in [5.74, 6) is 2.09. The zero-order chi connectivity index (χ0) is 26.6. The minimum absolute atomic E-state index is 0.00730. The molecule has 0 bridgehead atoms. The Labute approximate surface area is 234 Å². The quantitative estimate of drug-likeness (QED) is 0.275. The van der Waals surface area contributed by atoms with Gasteiger partial charge in [-0.25, -0.2) is 0 Å². The number of hydrogen-bond donors (Lipinski definition) is 6. The fourth-order valence-corrected chi connectivity index (χ4v) is 8.96. The van der Waals surface area contributed by atoms with Gasteiger partial charge in [0.1, 0.15) is 11.5 Å². The zero-order valence-electron chi connectivity index (χ0n) is 24.0. The third-order valence-corrected chi connectivity index (χ3v) is 11.7. The van der Waals surface area contributed by atoms with Crippen molar-refractivity contribution < 1.29 is 9.53 Å². The minimum Gasteiger partial charge on any atom is -0.380 e. The molecule has 0 aromatic heterocycles. The van der Waals surface area contributed by atoms with Crippen molar-refractivity contribution in [1.82, 2.24) is 36.8 Å². The maximum atomic E-state index is 13.4. The van der Waals surface area contributed by atoms with Crippen molar-refractivity contribution in [2.75, 3.05) is 46.9 Å². The van der Waals surface area contributed by atoms with Crippen LogP contribution in [0.5, 0.6) is 0 Å². The number of hydrogen-bond acceptors (Lipinski definition) is 9. The number of thioether (sulfide) groups is 1. The number of carbonyl (C=O) groups excluding carboxylic acids is 1. The molecule has 4 heterocycles. The topological polar surface area (TPSA) is 102 Å². The molecule has 0 radical (unpaired) electrons. The van der Waals surface area contributed by atoms with Crippen LogP contribution in [-0.2, 0) is 9.53 Å². The summed E-state index contributed by atoms with van der Waals surface area (Å²) in [6, 6.07) is 1.34. The average molecular weight is 552 g/mol. The van der Waals surface area contributed by atoms with Gasteiger partial charge in [0, 0.05) is 37.8 Å². The molecule has 9 nitrogen and oxygen atoms in total. The van der Waals surface area contributed by atoms with E-state index in [4.69, 9.17) is 4.74 Å². The predicted octanol–water partition coefficient (Wildman–Crippen LogP) is 0.870. The number of methoxy groups -OCH3 is 1. The highest BCUT2D eigenvalue weighted by atomic mass is 32.2. The van der Waals surface area contributed by atoms with Crippen molar-refractivity contribution in [2.45, 2.75) is 106 Å². The summed E-state index contributed by atoms with van der Waals surface area (Å²) in [7, 11) is 4.03. The summed E-state index contributed by atoms with van der Waals surface area (Å²) < 4.78 is 5.64. The summed E-state index contributed by atoms with van der Waals surface area (Å²) >= 11 is 1.88. The molecule has 5 rings (SSSR count). The molecule has 218 valence electrons. The molecular formula is C28H53N7O2S. The number of amides is 1. The Hall–Kier alpha value is -0.460. The molecule has 0 spiro atoms. The lowest BCUT2D eigenvalue weighted by Gasteiger charge is -2.43. The van der Waals surface area contributed by atoms with Crippen molar-refractivity contribution >= 4 is 17.7 Å². The lowest BCUT2D eigenvalue weighted by atomic mass is 9.82. The van der Waals surface area contributed by atoms with E-state index in [1.165, 1.54) is 25.9 Å². The van der Waals surface area contributed by atoms with Gasteiger partial charge in [0.2, 0.25) is 5.91 Å². The van der Waals surface area contributed by atoms with Gasteiger partial charge in [0.15, 0.2) is 0 Å². The van der Waals surface area contributed by atoms with Crippen LogP contribution in [0.4, 0.5) is 0 Å². The number of likely N-dealkylation sites (tertiary alicyclic amines) is 1. The maximum Gasteiger partial charge on any atom is 0.234 e. The predicted molar refractivity (Wildman–Crippen MR) is 155 cm³/mol. The van der Waals surface area contributed by atoms with Crippen LogP contribution in [0.2, 0.25) is 0 Å². The summed E-state index contributed by atoms with van der Waals surface area (Å²) in [5.41, 5.74) is 0. The van der Waals surface area contributed by atoms with Gasteiger partial charge in [-0.2, -0.15) is 0 Å². The third-order valence-electron chi connectivity index (χ3n) is 9.98. The molecule has 5 aliphatic rings. The Morgan fingerprint density at radius 2 is 1.82 bits per heavy atom. The molecule has 6 N–H and O–H groups in total. The van der Waals surface area contributed by atoms with Crippen molar-refractivity contribution in [3.05, 3.63) is 0 Å². The van der Waals surface area contributed by atoms with Gasteiger partial charge in [-0.05, 0) is 103 Å². The van der Waals surface area contributed by atoms with Crippen LogP contribution < -0.4 is 31.9 Å². The number of piperidine rings is 2. The van der Waals surface area contributed by atoms with E-state index in [2.05, 4.69) is 57.7 Å². The molecule has 1 amide bonds. The first-order chi connectivity index (χ1) is 18.4. The first-order valence-corrected chi connectivity index (χ1v) is 16.2. The molecule has 4 saturated heterocycles. The van der Waals surface area contributed by atoms with Gasteiger partial charge in [-0.15, -0.1) is 11.8 Å². The number of nitrogens with one attached hydrogen (secondary N) is 6. The highest BCUT2D eigenvalue weighted by Crippen LogP contribution is 2.36. The van der Waals surface area contributed by atoms with Gasteiger partial charge in [-0.1, -0.05) is 6.92 Å². The Bertz CT molecular complexity index is 769. The van der Waals surface area contributed by atoms with Crippen LogP contribution >= 0.6 is 11.8 Å². The second-order valence-corrected chi connectivity index (χ2v) is 14.1. The molecule has 1 aliphatic carbocycles. The SMILES string of the molecule is COC1CNCC(C2CCNC(NC3CC(NC(=O)C4SC(C5CCN(C)CC5)NC4C)CCC3C)N2)C1. The smallest absolute Gasteiger partial charge is 0.234 e. The molecule has 0 aromatic carbocycles. The van der Waals surface area contributed by atoms with Crippen LogP contribution in [0.15, 0.2) is 0 Å². The lowest BCUT2D eigenvalue weighted by Crippen LogP contribution is -2.66. The fraction of sp³-hybridized carbons (Fsp3) is 0.964. The maximum absolute atomic E-state index is 13.4. The molecular weight excluding hydrogens is 498 g/mol. The fourth-order valence-electron chi connectivity index (χ4n) is 7.35. The van der Waals surface area contributed by atoms with Gasteiger partial charge >= 0.3 is 0 Å². The van der Waals surface area contributed by atoms with Crippen LogP contribution in [-0.4, -0.2) is 105 Å². The van der Waals surface area contributed by atoms with Gasteiger partial charge in [0.05, 0.1) is 11.5 Å². The molecule has 10 atom stereocenters. The number of ether oxygens (including phenoxy) is 1. The molecule has 10 unspecified atom stereocenters. The van der Waals surface area contributed by atoms with E-state index in [-0.39, 0.29) is 29.5 Å². The van der Waals surface area contributed by atoms with Gasteiger partial charge < -0.3 is 25.6 Å². The Morgan fingerprint density at radius 1 is 1.00 bits per heavy atom. The van der Waals surface area contributed by atoms with Crippen LogP contribution in [0, 0.1) is 17.8 Å². The second-order valence-electron chi connectivity index (χ2n) is 12.8. The molecule has 10 heteroatoms. The summed E-state index contributed by atoms with van der Waals surface area (Å²) in [4.78, 5) is 15.8. The van der Waals surface area contributed by atoms with Crippen molar-refractivity contribution in [3.63, 3.8) is 0 Å². The van der Waals surface area contributed by atoms with Crippen LogP contribution in [0.25, 0.3) is 0 Å². The Morgan fingerprint density at radius 3 is 2.61 bits per heavy atom. The molecule has 5 fully saturated rings. The highest BCUT2D eigenvalue weighted by Gasteiger charge is 2.42. The first kappa shape index (κ1) is 29.0. The Kier molecular flexibility index (Phi) is 10.3. The van der Waals surface area contributed by atoms with E-state index >= 15 is 0 Å². The van der Waals surface area contributed by atoms with Crippen molar-refractivity contribution in [3.8, 4) is 0 Å². The van der Waals surface area contributed by atoms with E-state index in [0.717, 1.165) is 51.7 Å². The van der Waals surface area contributed by atoms with Gasteiger partial charge in [-0.3, -0.25) is 20.7 Å². The summed E-state index contributed by atoms with van der Waals surface area (Å²) in [6.45, 7) is 9.91. The molecule has 38 heavy (non-hydrogen) atoms. The number of carbonyl (C=O) groups is 1. The van der Waals surface area contributed by atoms with Crippen molar-refractivity contribution in [1.29, 1.82) is 0 Å². The van der Waals surface area contributed by atoms with E-state index < -0.39 is 0 Å². The molecule has 1 saturated carbocycles. The standard InChI is InChI=1S/C28H53N7O2S/c1-17-5-6-21(32-26(36)25-18(2)31-27(38-25)19-8-11-35(3)12-9-19)14-24(17)34-28-30-10-7-23(33-28)20-13-22(37-4)16-29-15-20/h17-25,27-31,33-34H,5-16H2,1-4H3,(H,32,36).